The van der Waals surface area contributed by atoms with E-state index in [1.165, 1.54) is 0 Å². The molecule has 0 aliphatic rings. The molecule has 3 rings (SSSR count). The second-order valence-corrected chi connectivity index (χ2v) is 7.88. The molecule has 0 aromatic heterocycles. The molecule has 4 nitrogen and oxygen atoms in total. The predicted octanol–water partition coefficient (Wildman–Crippen LogP) is 3.94. The van der Waals surface area contributed by atoms with E-state index in [9.17, 15) is 8.42 Å². The van der Waals surface area contributed by atoms with E-state index in [1.807, 2.05) is 55.5 Å². The lowest BCUT2D eigenvalue weighted by molar-refractivity contribution is 0.415. The van der Waals surface area contributed by atoms with Crippen molar-refractivity contribution in [1.29, 1.82) is 0 Å². The van der Waals surface area contributed by atoms with Crippen molar-refractivity contribution in [3.05, 3.63) is 71.3 Å². The molecule has 0 saturated carbocycles. The summed E-state index contributed by atoms with van der Waals surface area (Å²) in [5.41, 5.74) is 2.57. The van der Waals surface area contributed by atoms with Gasteiger partial charge in [0.1, 0.15) is 5.75 Å². The van der Waals surface area contributed by atoms with Crippen LogP contribution in [0.5, 0.6) is 5.75 Å². The zero-order valence-corrected chi connectivity index (χ0v) is 15.4. The van der Waals surface area contributed by atoms with Gasteiger partial charge in [0.2, 0.25) is 10.0 Å². The first-order valence-corrected chi connectivity index (χ1v) is 9.51. The SMILES string of the molecule is COc1ccc2cc(CNS(=O)(=O)c3cc(C)ccc3C)ccc2c1. The molecule has 3 aromatic carbocycles. The van der Waals surface area contributed by atoms with Crippen LogP contribution in [0.3, 0.4) is 0 Å². The Balaban J connectivity index is 1.83. The van der Waals surface area contributed by atoms with Crippen molar-refractivity contribution in [2.75, 3.05) is 7.11 Å². The molecule has 0 fully saturated rings. The van der Waals surface area contributed by atoms with Crippen LogP contribution in [0.25, 0.3) is 10.8 Å². The minimum Gasteiger partial charge on any atom is -0.497 e. The molecule has 0 aliphatic heterocycles. The number of hydrogen-bond acceptors (Lipinski definition) is 3. The predicted molar refractivity (Wildman–Crippen MR) is 100 cm³/mol. The second-order valence-electron chi connectivity index (χ2n) is 6.14. The highest BCUT2D eigenvalue weighted by Crippen LogP contribution is 2.22. The first-order chi connectivity index (χ1) is 11.9. The first kappa shape index (κ1) is 17.5. The molecule has 0 saturated heterocycles. The summed E-state index contributed by atoms with van der Waals surface area (Å²) in [6.45, 7) is 3.94. The normalized spacial score (nSPS) is 11.6. The Morgan fingerprint density at radius 2 is 1.64 bits per heavy atom. The zero-order valence-electron chi connectivity index (χ0n) is 14.5. The zero-order chi connectivity index (χ0) is 18.0. The van der Waals surface area contributed by atoms with Crippen LogP contribution >= 0.6 is 0 Å². The van der Waals surface area contributed by atoms with E-state index in [4.69, 9.17) is 4.74 Å². The Morgan fingerprint density at radius 3 is 2.40 bits per heavy atom. The summed E-state index contributed by atoms with van der Waals surface area (Å²) >= 11 is 0. The molecule has 5 heteroatoms. The number of sulfonamides is 1. The third-order valence-corrected chi connectivity index (χ3v) is 5.75. The monoisotopic (exact) mass is 355 g/mol. The average molecular weight is 355 g/mol. The summed E-state index contributed by atoms with van der Waals surface area (Å²) in [7, 11) is -1.91. The molecule has 130 valence electrons. The van der Waals surface area contributed by atoms with E-state index >= 15 is 0 Å². The van der Waals surface area contributed by atoms with Crippen LogP contribution in [0, 0.1) is 13.8 Å². The summed E-state index contributed by atoms with van der Waals surface area (Å²) in [5.74, 6) is 0.802. The molecule has 0 bridgehead atoms. The second kappa shape index (κ2) is 6.86. The van der Waals surface area contributed by atoms with E-state index in [1.54, 1.807) is 20.1 Å². The summed E-state index contributed by atoms with van der Waals surface area (Å²) in [6.07, 6.45) is 0. The molecule has 0 radical (unpaired) electrons. The van der Waals surface area contributed by atoms with Gasteiger partial charge in [-0.1, -0.05) is 30.3 Å². The van der Waals surface area contributed by atoms with E-state index in [2.05, 4.69) is 4.72 Å². The van der Waals surface area contributed by atoms with Gasteiger partial charge in [0.15, 0.2) is 0 Å². The molecular formula is C20H21NO3S. The van der Waals surface area contributed by atoms with Gasteiger partial charge in [-0.05, 0) is 65.6 Å². The Hall–Kier alpha value is -2.37. The van der Waals surface area contributed by atoms with Gasteiger partial charge in [0, 0.05) is 6.54 Å². The fourth-order valence-corrected chi connectivity index (χ4v) is 4.11. The Bertz CT molecular complexity index is 1030. The minimum atomic E-state index is -3.55. The van der Waals surface area contributed by atoms with Crippen LogP contribution in [0.1, 0.15) is 16.7 Å². The third-order valence-electron chi connectivity index (χ3n) is 4.21. The smallest absolute Gasteiger partial charge is 0.241 e. The summed E-state index contributed by atoms with van der Waals surface area (Å²) in [6, 6.07) is 17.1. The minimum absolute atomic E-state index is 0.248. The third kappa shape index (κ3) is 3.83. The van der Waals surface area contributed by atoms with Crippen molar-refractivity contribution in [2.24, 2.45) is 0 Å². The quantitative estimate of drug-likeness (QED) is 0.754. The van der Waals surface area contributed by atoms with Crippen molar-refractivity contribution in [3.8, 4) is 5.75 Å². The fraction of sp³-hybridized carbons (Fsp3) is 0.200. The maximum absolute atomic E-state index is 12.6. The van der Waals surface area contributed by atoms with Gasteiger partial charge in [0.05, 0.1) is 12.0 Å². The highest BCUT2D eigenvalue weighted by molar-refractivity contribution is 7.89. The lowest BCUT2D eigenvalue weighted by Gasteiger charge is -2.11. The number of methoxy groups -OCH3 is 1. The first-order valence-electron chi connectivity index (χ1n) is 8.03. The van der Waals surface area contributed by atoms with Gasteiger partial charge >= 0.3 is 0 Å². The van der Waals surface area contributed by atoms with Crippen molar-refractivity contribution >= 4 is 20.8 Å². The number of fused-ring (bicyclic) bond motifs is 1. The van der Waals surface area contributed by atoms with E-state index in [0.717, 1.165) is 33.2 Å². The highest BCUT2D eigenvalue weighted by atomic mass is 32.2. The van der Waals surface area contributed by atoms with Crippen LogP contribution in [0.2, 0.25) is 0 Å². The lowest BCUT2D eigenvalue weighted by Crippen LogP contribution is -2.24. The molecule has 3 aromatic rings. The van der Waals surface area contributed by atoms with Crippen LogP contribution < -0.4 is 9.46 Å². The molecule has 0 unspecified atom stereocenters. The van der Waals surface area contributed by atoms with Gasteiger partial charge in [-0.25, -0.2) is 13.1 Å². The van der Waals surface area contributed by atoms with Gasteiger partial charge < -0.3 is 4.74 Å². The van der Waals surface area contributed by atoms with Crippen molar-refractivity contribution in [2.45, 2.75) is 25.3 Å². The van der Waals surface area contributed by atoms with Crippen LogP contribution in [-0.4, -0.2) is 15.5 Å². The van der Waals surface area contributed by atoms with E-state index in [0.29, 0.717) is 4.90 Å². The van der Waals surface area contributed by atoms with Gasteiger partial charge in [-0.3, -0.25) is 0 Å². The Morgan fingerprint density at radius 1 is 0.920 bits per heavy atom. The molecule has 0 spiro atoms. The molecule has 0 aliphatic carbocycles. The van der Waals surface area contributed by atoms with E-state index < -0.39 is 10.0 Å². The Kier molecular flexibility index (Phi) is 4.79. The van der Waals surface area contributed by atoms with E-state index in [-0.39, 0.29) is 6.54 Å². The summed E-state index contributed by atoms with van der Waals surface area (Å²) in [4.78, 5) is 0.332. The van der Waals surface area contributed by atoms with Crippen LogP contribution in [0.4, 0.5) is 0 Å². The lowest BCUT2D eigenvalue weighted by atomic mass is 10.1. The molecule has 0 heterocycles. The largest absolute Gasteiger partial charge is 0.497 e. The molecule has 0 amide bonds. The van der Waals surface area contributed by atoms with Crippen molar-refractivity contribution in [3.63, 3.8) is 0 Å². The average Bonchev–Trinajstić information content (AvgIpc) is 2.61. The maximum atomic E-state index is 12.6. The number of hydrogen-bond donors (Lipinski definition) is 1. The van der Waals surface area contributed by atoms with Crippen molar-refractivity contribution in [1.82, 2.24) is 4.72 Å². The number of rotatable bonds is 5. The standard InChI is InChI=1S/C20H21NO3S/c1-14-4-5-15(2)20(10-14)25(22,23)21-13-16-6-7-18-12-19(24-3)9-8-17(18)11-16/h4-12,21H,13H2,1-3H3. The Labute approximate surface area is 148 Å². The van der Waals surface area contributed by atoms with Crippen LogP contribution in [-0.2, 0) is 16.6 Å². The van der Waals surface area contributed by atoms with Crippen molar-refractivity contribution < 1.29 is 13.2 Å². The van der Waals surface area contributed by atoms with Crippen LogP contribution in [0.15, 0.2) is 59.5 Å². The summed E-state index contributed by atoms with van der Waals surface area (Å²) < 4.78 is 33.1. The number of benzene rings is 3. The number of nitrogens with one attached hydrogen (secondary N) is 1. The molecule has 0 atom stereocenters. The van der Waals surface area contributed by atoms with Gasteiger partial charge in [0.25, 0.3) is 0 Å². The summed E-state index contributed by atoms with van der Waals surface area (Å²) in [5, 5.41) is 2.10. The highest BCUT2D eigenvalue weighted by Gasteiger charge is 2.16. The number of ether oxygens (including phenoxy) is 1. The van der Waals surface area contributed by atoms with Gasteiger partial charge in [-0.15, -0.1) is 0 Å². The molecule has 25 heavy (non-hydrogen) atoms. The number of aryl methyl sites for hydroxylation is 2. The van der Waals surface area contributed by atoms with Gasteiger partial charge in [-0.2, -0.15) is 0 Å². The topological polar surface area (TPSA) is 55.4 Å². The molecular weight excluding hydrogens is 334 g/mol. The maximum Gasteiger partial charge on any atom is 0.241 e. The fourth-order valence-electron chi connectivity index (χ4n) is 2.76. The molecule has 1 N–H and O–H groups in total.